The Balaban J connectivity index is 2.42. The molecule has 4 heteroatoms. The van der Waals surface area contributed by atoms with Crippen LogP contribution in [-0.2, 0) is 0 Å². The van der Waals surface area contributed by atoms with Crippen molar-refractivity contribution in [2.45, 2.75) is 45.8 Å². The third kappa shape index (κ3) is 5.75. The fourth-order valence-corrected chi connectivity index (χ4v) is 2.49. The summed E-state index contributed by atoms with van der Waals surface area (Å²) in [6.07, 6.45) is 4.95. The normalized spacial score (nSPS) is 28.5. The fraction of sp³-hybridized carbons (Fsp3) is 0.750. The van der Waals surface area contributed by atoms with Crippen LogP contribution < -0.4 is 0 Å². The predicted molar refractivity (Wildman–Crippen MR) is 81.5 cm³/mol. The smallest absolute Gasteiger partial charge is 0.0929 e. The zero-order chi connectivity index (χ0) is 15.1. The molecule has 1 aliphatic rings. The first-order valence-electron chi connectivity index (χ1n) is 7.42. The van der Waals surface area contributed by atoms with Crippen LogP contribution in [0.4, 0.5) is 0 Å². The molecule has 3 atom stereocenters. The molecule has 0 aliphatic carbocycles. The number of aliphatic hydroxyl groups is 3. The van der Waals surface area contributed by atoms with Crippen LogP contribution in [0.2, 0.25) is 0 Å². The van der Waals surface area contributed by atoms with Gasteiger partial charge in [-0.3, -0.25) is 4.90 Å². The van der Waals surface area contributed by atoms with Gasteiger partial charge in [0.05, 0.1) is 12.2 Å². The van der Waals surface area contributed by atoms with E-state index < -0.39 is 12.2 Å². The van der Waals surface area contributed by atoms with E-state index in [0.717, 1.165) is 19.4 Å². The summed E-state index contributed by atoms with van der Waals surface area (Å²) in [7, 11) is 0. The number of nitrogens with zero attached hydrogens (tertiary/aromatic N) is 1. The first-order valence-corrected chi connectivity index (χ1v) is 7.42. The van der Waals surface area contributed by atoms with E-state index in [1.54, 1.807) is 0 Å². The van der Waals surface area contributed by atoms with Gasteiger partial charge in [-0.15, -0.1) is 0 Å². The average Bonchev–Trinajstić information content (AvgIpc) is 2.39. The van der Waals surface area contributed by atoms with E-state index in [4.69, 9.17) is 0 Å². The zero-order valence-corrected chi connectivity index (χ0v) is 12.9. The van der Waals surface area contributed by atoms with E-state index in [0.29, 0.717) is 13.1 Å². The van der Waals surface area contributed by atoms with Crippen molar-refractivity contribution in [3.05, 3.63) is 23.3 Å². The summed E-state index contributed by atoms with van der Waals surface area (Å²) in [5.41, 5.74) is 2.68. The molecule has 1 fully saturated rings. The van der Waals surface area contributed by atoms with E-state index in [9.17, 15) is 15.3 Å². The van der Waals surface area contributed by atoms with Crippen molar-refractivity contribution < 1.29 is 15.3 Å². The predicted octanol–water partition coefficient (Wildman–Crippen LogP) is 1.32. The van der Waals surface area contributed by atoms with Gasteiger partial charge < -0.3 is 15.3 Å². The molecular weight excluding hydrogens is 254 g/mol. The minimum Gasteiger partial charge on any atom is -0.396 e. The standard InChI is InChI=1S/C16H29NO3/c1-12(2)5-4-6-13(3)7-8-17-9-14(11-18)16(20)15(19)10-17/h5,7,14-16,18-20H,4,6,8-11H2,1-3H3/t14-,15-,16-/m1/s1. The number of hydrogen-bond donors (Lipinski definition) is 3. The fourth-order valence-electron chi connectivity index (χ4n) is 2.49. The highest BCUT2D eigenvalue weighted by Crippen LogP contribution is 2.18. The summed E-state index contributed by atoms with van der Waals surface area (Å²) in [6, 6.07) is 0. The van der Waals surface area contributed by atoms with Gasteiger partial charge in [-0.05, 0) is 33.6 Å². The van der Waals surface area contributed by atoms with Crippen LogP contribution in [0.1, 0.15) is 33.6 Å². The molecular formula is C16H29NO3. The second-order valence-corrected chi connectivity index (χ2v) is 6.09. The number of piperidine rings is 1. The second-order valence-electron chi connectivity index (χ2n) is 6.09. The number of aliphatic hydroxyl groups excluding tert-OH is 3. The van der Waals surface area contributed by atoms with Gasteiger partial charge in [0.25, 0.3) is 0 Å². The van der Waals surface area contributed by atoms with Crippen LogP contribution in [0.3, 0.4) is 0 Å². The van der Waals surface area contributed by atoms with Gasteiger partial charge in [0.1, 0.15) is 0 Å². The summed E-state index contributed by atoms with van der Waals surface area (Å²) in [5, 5.41) is 28.8. The van der Waals surface area contributed by atoms with E-state index >= 15 is 0 Å². The van der Waals surface area contributed by atoms with Crippen LogP contribution in [0.5, 0.6) is 0 Å². The molecule has 3 N–H and O–H groups in total. The molecule has 1 saturated heterocycles. The molecule has 4 nitrogen and oxygen atoms in total. The van der Waals surface area contributed by atoms with E-state index in [1.165, 1.54) is 11.1 Å². The number of allylic oxidation sites excluding steroid dienone is 3. The SMILES string of the molecule is CC(C)=CCCC(C)=CCN1C[C@H](CO)[C@@H](O)[C@H](O)C1. The number of β-amino-alcohol motifs (C(OH)–C–C–N with tert-alkyl or cyclic N) is 1. The van der Waals surface area contributed by atoms with Crippen LogP contribution in [0.15, 0.2) is 23.3 Å². The van der Waals surface area contributed by atoms with E-state index in [2.05, 4.69) is 37.8 Å². The molecule has 0 saturated carbocycles. The summed E-state index contributed by atoms with van der Waals surface area (Å²) in [4.78, 5) is 2.09. The maximum Gasteiger partial charge on any atom is 0.0929 e. The maximum atomic E-state index is 9.79. The average molecular weight is 283 g/mol. The lowest BCUT2D eigenvalue weighted by Crippen LogP contribution is -2.53. The summed E-state index contributed by atoms with van der Waals surface area (Å²) >= 11 is 0. The Morgan fingerprint density at radius 2 is 1.85 bits per heavy atom. The van der Waals surface area contributed by atoms with Gasteiger partial charge in [0.15, 0.2) is 0 Å². The molecule has 1 rings (SSSR count). The molecule has 0 bridgehead atoms. The maximum absolute atomic E-state index is 9.79. The summed E-state index contributed by atoms with van der Waals surface area (Å²) < 4.78 is 0. The van der Waals surface area contributed by atoms with Crippen molar-refractivity contribution in [1.82, 2.24) is 4.90 Å². The Kier molecular flexibility index (Phi) is 7.45. The van der Waals surface area contributed by atoms with Gasteiger partial charge >= 0.3 is 0 Å². The van der Waals surface area contributed by atoms with Crippen molar-refractivity contribution in [2.75, 3.05) is 26.2 Å². The van der Waals surface area contributed by atoms with Crippen molar-refractivity contribution in [1.29, 1.82) is 0 Å². The lowest BCUT2D eigenvalue weighted by Gasteiger charge is -2.38. The topological polar surface area (TPSA) is 63.9 Å². The zero-order valence-electron chi connectivity index (χ0n) is 12.9. The second kappa shape index (κ2) is 8.57. The van der Waals surface area contributed by atoms with Crippen molar-refractivity contribution >= 4 is 0 Å². The molecule has 1 heterocycles. The van der Waals surface area contributed by atoms with Crippen LogP contribution >= 0.6 is 0 Å². The van der Waals surface area contributed by atoms with Gasteiger partial charge in [-0.2, -0.15) is 0 Å². The molecule has 0 aromatic carbocycles. The molecule has 0 aromatic rings. The quantitative estimate of drug-likeness (QED) is 0.643. The Morgan fingerprint density at radius 3 is 2.45 bits per heavy atom. The molecule has 20 heavy (non-hydrogen) atoms. The highest BCUT2D eigenvalue weighted by molar-refractivity contribution is 5.03. The van der Waals surface area contributed by atoms with Crippen LogP contribution in [0, 0.1) is 5.92 Å². The Labute approximate surface area is 122 Å². The number of rotatable bonds is 6. The van der Waals surface area contributed by atoms with Gasteiger partial charge in [0, 0.05) is 32.2 Å². The van der Waals surface area contributed by atoms with E-state index in [-0.39, 0.29) is 12.5 Å². The van der Waals surface area contributed by atoms with Crippen LogP contribution in [0.25, 0.3) is 0 Å². The first-order chi connectivity index (χ1) is 9.43. The lowest BCUT2D eigenvalue weighted by atomic mass is 9.93. The Bertz CT molecular complexity index is 348. The van der Waals surface area contributed by atoms with Crippen molar-refractivity contribution in [3.63, 3.8) is 0 Å². The molecule has 0 spiro atoms. The van der Waals surface area contributed by atoms with Crippen LogP contribution in [-0.4, -0.2) is 58.7 Å². The molecule has 0 radical (unpaired) electrons. The van der Waals surface area contributed by atoms with Crippen molar-refractivity contribution in [2.24, 2.45) is 5.92 Å². The molecule has 0 aromatic heterocycles. The van der Waals surface area contributed by atoms with E-state index in [1.807, 2.05) is 0 Å². The molecule has 0 unspecified atom stereocenters. The highest BCUT2D eigenvalue weighted by Gasteiger charge is 2.33. The Hall–Kier alpha value is -0.680. The molecule has 116 valence electrons. The van der Waals surface area contributed by atoms with Gasteiger partial charge in [-0.25, -0.2) is 0 Å². The van der Waals surface area contributed by atoms with Gasteiger partial charge in [0.2, 0.25) is 0 Å². The summed E-state index contributed by atoms with van der Waals surface area (Å²) in [6.45, 7) is 8.11. The largest absolute Gasteiger partial charge is 0.396 e. The third-order valence-corrected chi connectivity index (χ3v) is 3.84. The highest BCUT2D eigenvalue weighted by atomic mass is 16.3. The Morgan fingerprint density at radius 1 is 1.15 bits per heavy atom. The summed E-state index contributed by atoms with van der Waals surface area (Å²) in [5.74, 6) is -0.252. The monoisotopic (exact) mass is 283 g/mol. The number of hydrogen-bond acceptors (Lipinski definition) is 4. The molecule has 0 amide bonds. The minimum absolute atomic E-state index is 0.0853. The van der Waals surface area contributed by atoms with Gasteiger partial charge in [-0.1, -0.05) is 23.3 Å². The van der Waals surface area contributed by atoms with Crippen molar-refractivity contribution in [3.8, 4) is 0 Å². The minimum atomic E-state index is -0.806. The third-order valence-electron chi connectivity index (χ3n) is 3.84. The molecule has 1 aliphatic heterocycles. The number of likely N-dealkylation sites (tertiary alicyclic amines) is 1. The lowest BCUT2D eigenvalue weighted by molar-refractivity contribution is -0.0836. The first kappa shape index (κ1) is 17.4.